The van der Waals surface area contributed by atoms with Crippen LogP contribution in [0.4, 0.5) is 10.5 Å². The molecular weight excluding hydrogens is 262 g/mol. The maximum Gasteiger partial charge on any atom is 0.319 e. The summed E-state index contributed by atoms with van der Waals surface area (Å²) in [5.41, 5.74) is 6.47. The van der Waals surface area contributed by atoms with Gasteiger partial charge in [-0.3, -0.25) is 0 Å². The van der Waals surface area contributed by atoms with Crippen LogP contribution in [0.15, 0.2) is 42.5 Å². The number of hydrogen-bond acceptors (Lipinski definition) is 2. The molecule has 4 nitrogen and oxygen atoms in total. The molecule has 0 aliphatic carbocycles. The Hall–Kier alpha value is -2.07. The second kappa shape index (κ2) is 6.14. The summed E-state index contributed by atoms with van der Waals surface area (Å²) in [5, 5.41) is 7.98. The van der Waals surface area contributed by atoms with Crippen LogP contribution in [-0.4, -0.2) is 18.6 Å². The van der Waals surface area contributed by atoms with E-state index in [1.165, 1.54) is 0 Å². The third kappa shape index (κ3) is 3.73. The van der Waals surface area contributed by atoms with Crippen molar-refractivity contribution in [2.45, 2.75) is 26.8 Å². The van der Waals surface area contributed by atoms with Crippen LogP contribution < -0.4 is 16.4 Å². The lowest BCUT2D eigenvalue weighted by atomic mass is 9.87. The molecule has 1 unspecified atom stereocenters. The lowest BCUT2D eigenvalue weighted by molar-refractivity contribution is 0.230. The zero-order valence-corrected chi connectivity index (χ0v) is 12.8. The van der Waals surface area contributed by atoms with E-state index in [0.29, 0.717) is 6.54 Å². The minimum atomic E-state index is -0.225. The summed E-state index contributed by atoms with van der Waals surface area (Å²) in [5.74, 6) is 0. The molecule has 0 heterocycles. The molecule has 2 aromatic rings. The highest BCUT2D eigenvalue weighted by Gasteiger charge is 2.24. The van der Waals surface area contributed by atoms with E-state index in [4.69, 9.17) is 5.73 Å². The van der Waals surface area contributed by atoms with E-state index in [2.05, 4.69) is 31.4 Å². The fraction of sp³-hybridized carbons (Fsp3) is 0.353. The molecule has 0 aliphatic rings. The topological polar surface area (TPSA) is 67.1 Å². The van der Waals surface area contributed by atoms with Gasteiger partial charge < -0.3 is 16.4 Å². The summed E-state index contributed by atoms with van der Waals surface area (Å²) in [7, 11) is 0. The van der Waals surface area contributed by atoms with Crippen molar-refractivity contribution in [1.82, 2.24) is 5.32 Å². The molecule has 4 N–H and O–H groups in total. The molecule has 0 bridgehead atoms. The van der Waals surface area contributed by atoms with Crippen molar-refractivity contribution < 1.29 is 4.79 Å². The molecule has 0 saturated heterocycles. The first-order chi connectivity index (χ1) is 9.91. The molecular formula is C17H23N3O. The van der Waals surface area contributed by atoms with Gasteiger partial charge in [-0.1, -0.05) is 57.2 Å². The third-order valence-corrected chi connectivity index (χ3v) is 3.62. The van der Waals surface area contributed by atoms with Gasteiger partial charge >= 0.3 is 6.03 Å². The zero-order valence-electron chi connectivity index (χ0n) is 12.8. The molecule has 2 amide bonds. The van der Waals surface area contributed by atoms with Gasteiger partial charge in [0.05, 0.1) is 5.69 Å². The van der Waals surface area contributed by atoms with Crippen LogP contribution in [0.3, 0.4) is 0 Å². The van der Waals surface area contributed by atoms with Gasteiger partial charge in [0, 0.05) is 18.0 Å². The molecule has 0 fully saturated rings. The third-order valence-electron chi connectivity index (χ3n) is 3.62. The Morgan fingerprint density at radius 2 is 1.81 bits per heavy atom. The fourth-order valence-corrected chi connectivity index (χ4v) is 2.28. The van der Waals surface area contributed by atoms with Gasteiger partial charge in [0.1, 0.15) is 0 Å². The molecule has 112 valence electrons. The quantitative estimate of drug-likeness (QED) is 0.809. The number of nitrogens with one attached hydrogen (secondary N) is 2. The van der Waals surface area contributed by atoms with Gasteiger partial charge in [-0.05, 0) is 16.9 Å². The minimum absolute atomic E-state index is 0.0764. The van der Waals surface area contributed by atoms with E-state index in [1.54, 1.807) is 0 Å². The van der Waals surface area contributed by atoms with Gasteiger partial charge in [0.25, 0.3) is 0 Å². The summed E-state index contributed by atoms with van der Waals surface area (Å²) < 4.78 is 0. The molecule has 2 rings (SSSR count). The first kappa shape index (κ1) is 15.3. The second-order valence-corrected chi connectivity index (χ2v) is 6.28. The van der Waals surface area contributed by atoms with Crippen LogP contribution in [0.1, 0.15) is 20.8 Å². The Labute approximate surface area is 125 Å². The average molecular weight is 285 g/mol. The molecule has 21 heavy (non-hydrogen) atoms. The number of hydrogen-bond donors (Lipinski definition) is 3. The largest absolute Gasteiger partial charge is 0.333 e. The highest BCUT2D eigenvalue weighted by atomic mass is 16.2. The summed E-state index contributed by atoms with van der Waals surface area (Å²) in [6, 6.07) is 13.5. The molecule has 0 aliphatic heterocycles. The van der Waals surface area contributed by atoms with E-state index in [-0.39, 0.29) is 17.5 Å². The summed E-state index contributed by atoms with van der Waals surface area (Å²) in [4.78, 5) is 12.2. The SMILES string of the molecule is CC(C)(C)C(CN)NC(=O)Nc1cccc2ccccc12. The van der Waals surface area contributed by atoms with Crippen molar-refractivity contribution in [3.05, 3.63) is 42.5 Å². The normalized spacial score (nSPS) is 13.0. The van der Waals surface area contributed by atoms with Crippen molar-refractivity contribution in [3.63, 3.8) is 0 Å². The highest BCUT2D eigenvalue weighted by molar-refractivity contribution is 6.01. The average Bonchev–Trinajstić information content (AvgIpc) is 2.44. The van der Waals surface area contributed by atoms with Gasteiger partial charge in [-0.25, -0.2) is 4.79 Å². The molecule has 0 spiro atoms. The van der Waals surface area contributed by atoms with Crippen molar-refractivity contribution in [2.24, 2.45) is 11.1 Å². The first-order valence-electron chi connectivity index (χ1n) is 7.17. The number of fused-ring (bicyclic) bond motifs is 1. The monoisotopic (exact) mass is 285 g/mol. The molecule has 1 atom stereocenters. The van der Waals surface area contributed by atoms with Crippen LogP contribution in [0.25, 0.3) is 10.8 Å². The number of amides is 2. The predicted octanol–water partition coefficient (Wildman–Crippen LogP) is 3.33. The van der Waals surface area contributed by atoms with Gasteiger partial charge in [-0.15, -0.1) is 0 Å². The Morgan fingerprint density at radius 1 is 1.14 bits per heavy atom. The lowest BCUT2D eigenvalue weighted by Crippen LogP contribution is -2.49. The van der Waals surface area contributed by atoms with Crippen molar-refractivity contribution in [1.29, 1.82) is 0 Å². The highest BCUT2D eigenvalue weighted by Crippen LogP contribution is 2.23. The Balaban J connectivity index is 2.15. The van der Waals surface area contributed by atoms with Crippen molar-refractivity contribution in [2.75, 3.05) is 11.9 Å². The van der Waals surface area contributed by atoms with Crippen molar-refractivity contribution >= 4 is 22.5 Å². The molecule has 4 heteroatoms. The number of anilines is 1. The Kier molecular flexibility index (Phi) is 4.48. The smallest absolute Gasteiger partial charge is 0.319 e. The maximum absolute atomic E-state index is 12.2. The van der Waals surface area contributed by atoms with Crippen LogP contribution in [0, 0.1) is 5.41 Å². The second-order valence-electron chi connectivity index (χ2n) is 6.28. The van der Waals surface area contributed by atoms with Crippen LogP contribution in [0.2, 0.25) is 0 Å². The molecule has 0 saturated carbocycles. The van der Waals surface area contributed by atoms with E-state index in [9.17, 15) is 4.79 Å². The number of urea groups is 1. The number of benzene rings is 2. The summed E-state index contributed by atoms with van der Waals surface area (Å²) >= 11 is 0. The van der Waals surface area contributed by atoms with E-state index in [1.807, 2.05) is 42.5 Å². The maximum atomic E-state index is 12.2. The van der Waals surface area contributed by atoms with E-state index < -0.39 is 0 Å². The van der Waals surface area contributed by atoms with Gasteiger partial charge in [-0.2, -0.15) is 0 Å². The fourth-order valence-electron chi connectivity index (χ4n) is 2.28. The predicted molar refractivity (Wildman–Crippen MR) is 88.4 cm³/mol. The van der Waals surface area contributed by atoms with Gasteiger partial charge in [0.2, 0.25) is 0 Å². The Morgan fingerprint density at radius 3 is 2.48 bits per heavy atom. The standard InChI is InChI=1S/C17H23N3O/c1-17(2,3)15(11-18)20-16(21)19-14-10-6-8-12-7-4-5-9-13(12)14/h4-10,15H,11,18H2,1-3H3,(H2,19,20,21). The Bertz CT molecular complexity index is 626. The van der Waals surface area contributed by atoms with Crippen molar-refractivity contribution in [3.8, 4) is 0 Å². The van der Waals surface area contributed by atoms with Crippen LogP contribution in [0.5, 0.6) is 0 Å². The van der Waals surface area contributed by atoms with E-state index >= 15 is 0 Å². The van der Waals surface area contributed by atoms with Gasteiger partial charge in [0.15, 0.2) is 0 Å². The van der Waals surface area contributed by atoms with Crippen LogP contribution in [-0.2, 0) is 0 Å². The number of rotatable bonds is 3. The summed E-state index contributed by atoms with van der Waals surface area (Å²) in [6.45, 7) is 6.58. The van der Waals surface area contributed by atoms with Crippen LogP contribution >= 0.6 is 0 Å². The lowest BCUT2D eigenvalue weighted by Gasteiger charge is -2.30. The molecule has 0 radical (unpaired) electrons. The first-order valence-corrected chi connectivity index (χ1v) is 7.17. The molecule has 2 aromatic carbocycles. The summed E-state index contributed by atoms with van der Waals surface area (Å²) in [6.07, 6.45) is 0. The molecule has 0 aromatic heterocycles. The number of carbonyl (C=O) groups is 1. The minimum Gasteiger partial charge on any atom is -0.333 e. The zero-order chi connectivity index (χ0) is 15.5. The number of carbonyl (C=O) groups excluding carboxylic acids is 1. The van der Waals surface area contributed by atoms with E-state index in [0.717, 1.165) is 16.5 Å². The number of nitrogens with two attached hydrogens (primary N) is 1.